The molecule has 4 heteroatoms. The molecule has 4 rings (SSSR count). The summed E-state index contributed by atoms with van der Waals surface area (Å²) in [5.41, 5.74) is 3.27. The second-order valence-corrected chi connectivity index (χ2v) is 6.79. The van der Waals surface area contributed by atoms with Crippen LogP contribution in [0, 0.1) is 23.7 Å². The van der Waals surface area contributed by atoms with Crippen LogP contribution in [0.5, 0.6) is 5.75 Å². The quantitative estimate of drug-likeness (QED) is 0.633. The highest BCUT2D eigenvalue weighted by atomic mass is 16.5. The van der Waals surface area contributed by atoms with E-state index >= 15 is 0 Å². The number of anilines is 1. The van der Waals surface area contributed by atoms with Crippen molar-refractivity contribution in [2.75, 3.05) is 12.0 Å². The molecule has 4 atom stereocenters. The Kier molecular flexibility index (Phi) is 3.37. The van der Waals surface area contributed by atoms with Crippen molar-refractivity contribution >= 4 is 17.5 Å². The van der Waals surface area contributed by atoms with E-state index in [0.717, 1.165) is 6.42 Å². The molecule has 1 saturated heterocycles. The van der Waals surface area contributed by atoms with Crippen molar-refractivity contribution in [1.29, 1.82) is 0 Å². The van der Waals surface area contributed by atoms with Crippen LogP contribution in [0.1, 0.15) is 20.3 Å². The largest absolute Gasteiger partial charge is 0.497 e. The molecule has 1 aromatic rings. The zero-order chi connectivity index (χ0) is 17.0. The first kappa shape index (κ1) is 15.2. The Labute approximate surface area is 141 Å². The van der Waals surface area contributed by atoms with Gasteiger partial charge in [0, 0.05) is 11.8 Å². The van der Waals surface area contributed by atoms with Gasteiger partial charge in [0.15, 0.2) is 0 Å². The van der Waals surface area contributed by atoms with Gasteiger partial charge in [-0.25, -0.2) is 4.90 Å². The Balaban J connectivity index is 1.71. The summed E-state index contributed by atoms with van der Waals surface area (Å²) in [4.78, 5) is 27.4. The minimum Gasteiger partial charge on any atom is -0.497 e. The SMILES string of the molecule is CCC(C)=C1C2C=CC1C1C(=O)N(c3ccc(OC)cc3)C(=O)C21. The Hall–Kier alpha value is -2.36. The summed E-state index contributed by atoms with van der Waals surface area (Å²) in [6, 6.07) is 7.12. The van der Waals surface area contributed by atoms with Crippen molar-refractivity contribution in [3.63, 3.8) is 0 Å². The van der Waals surface area contributed by atoms with Gasteiger partial charge in [-0.1, -0.05) is 30.2 Å². The van der Waals surface area contributed by atoms with E-state index in [-0.39, 0.29) is 35.5 Å². The molecule has 1 aliphatic heterocycles. The summed E-state index contributed by atoms with van der Waals surface area (Å²) in [6.07, 6.45) is 5.22. The highest BCUT2D eigenvalue weighted by molar-refractivity contribution is 6.23. The predicted molar refractivity (Wildman–Crippen MR) is 91.6 cm³/mol. The molecule has 0 radical (unpaired) electrons. The van der Waals surface area contributed by atoms with Crippen molar-refractivity contribution in [1.82, 2.24) is 0 Å². The lowest BCUT2D eigenvalue weighted by atomic mass is 9.85. The first-order valence-corrected chi connectivity index (χ1v) is 8.48. The molecular weight excluding hydrogens is 302 g/mol. The van der Waals surface area contributed by atoms with Gasteiger partial charge >= 0.3 is 0 Å². The molecule has 0 N–H and O–H groups in total. The minimum absolute atomic E-state index is 0.0616. The van der Waals surface area contributed by atoms with E-state index in [2.05, 4.69) is 26.0 Å². The molecule has 124 valence electrons. The number of nitrogens with zero attached hydrogens (tertiary/aromatic N) is 1. The Morgan fingerprint density at radius 1 is 1.04 bits per heavy atom. The summed E-state index contributed by atoms with van der Waals surface area (Å²) in [7, 11) is 1.60. The first-order chi connectivity index (χ1) is 11.6. The van der Waals surface area contributed by atoms with E-state index in [1.807, 2.05) is 0 Å². The molecule has 24 heavy (non-hydrogen) atoms. The first-order valence-electron chi connectivity index (χ1n) is 8.48. The van der Waals surface area contributed by atoms with Gasteiger partial charge in [0.05, 0.1) is 24.6 Å². The lowest BCUT2D eigenvalue weighted by Crippen LogP contribution is -2.33. The maximum absolute atomic E-state index is 13.0. The number of benzene rings is 1. The van der Waals surface area contributed by atoms with Gasteiger partial charge in [0.1, 0.15) is 5.75 Å². The third-order valence-electron chi connectivity index (χ3n) is 5.77. The van der Waals surface area contributed by atoms with Gasteiger partial charge in [-0.2, -0.15) is 0 Å². The average molecular weight is 323 g/mol. The monoisotopic (exact) mass is 323 g/mol. The number of allylic oxidation sites excluding steroid dienone is 4. The van der Waals surface area contributed by atoms with Gasteiger partial charge in [0.2, 0.25) is 11.8 Å². The number of rotatable bonds is 3. The third kappa shape index (κ3) is 1.86. The number of carbonyl (C=O) groups excluding carboxylic acids is 2. The van der Waals surface area contributed by atoms with Crippen LogP contribution in [0.4, 0.5) is 5.69 Å². The molecule has 1 saturated carbocycles. The maximum atomic E-state index is 13.0. The zero-order valence-corrected chi connectivity index (χ0v) is 14.2. The fourth-order valence-electron chi connectivity index (χ4n) is 4.52. The second kappa shape index (κ2) is 5.33. The lowest BCUT2D eigenvalue weighted by Gasteiger charge is -2.19. The topological polar surface area (TPSA) is 46.6 Å². The molecule has 1 heterocycles. The number of fused-ring (bicyclic) bond motifs is 5. The van der Waals surface area contributed by atoms with Gasteiger partial charge in [0.25, 0.3) is 0 Å². The van der Waals surface area contributed by atoms with Crippen LogP contribution in [0.2, 0.25) is 0 Å². The van der Waals surface area contributed by atoms with Gasteiger partial charge in [-0.3, -0.25) is 9.59 Å². The van der Waals surface area contributed by atoms with Crippen LogP contribution in [0.3, 0.4) is 0 Å². The van der Waals surface area contributed by atoms with E-state index < -0.39 is 0 Å². The summed E-state index contributed by atoms with van der Waals surface area (Å²) < 4.78 is 5.15. The van der Waals surface area contributed by atoms with E-state index in [0.29, 0.717) is 11.4 Å². The van der Waals surface area contributed by atoms with E-state index in [1.54, 1.807) is 31.4 Å². The Bertz CT molecular complexity index is 741. The number of amides is 2. The molecule has 0 aromatic heterocycles. The molecule has 1 aromatic carbocycles. The number of imide groups is 1. The van der Waals surface area contributed by atoms with Gasteiger partial charge in [-0.15, -0.1) is 0 Å². The number of ether oxygens (including phenoxy) is 1. The molecule has 3 aliphatic rings. The van der Waals surface area contributed by atoms with E-state index in [1.165, 1.54) is 16.0 Å². The number of hydrogen-bond acceptors (Lipinski definition) is 3. The van der Waals surface area contributed by atoms with E-state index in [4.69, 9.17) is 4.74 Å². The number of hydrogen-bond donors (Lipinski definition) is 0. The molecular formula is C20H21NO3. The van der Waals surface area contributed by atoms with Gasteiger partial charge < -0.3 is 4.74 Å². The average Bonchev–Trinajstić information content (AvgIpc) is 3.24. The van der Waals surface area contributed by atoms with Crippen LogP contribution in [-0.4, -0.2) is 18.9 Å². The molecule has 2 aliphatic carbocycles. The fourth-order valence-corrected chi connectivity index (χ4v) is 4.52. The number of methoxy groups -OCH3 is 1. The Morgan fingerprint density at radius 2 is 1.58 bits per heavy atom. The molecule has 4 unspecified atom stereocenters. The molecule has 2 fully saturated rings. The highest BCUT2D eigenvalue weighted by Crippen LogP contribution is 2.57. The van der Waals surface area contributed by atoms with Crippen molar-refractivity contribution in [3.8, 4) is 5.75 Å². The molecule has 4 nitrogen and oxygen atoms in total. The standard InChI is InChI=1S/C20H21NO3/c1-4-11(2)16-14-9-10-15(16)18-17(14)19(22)21(20(18)23)12-5-7-13(24-3)8-6-12/h5-10,14-15,17-18H,4H2,1-3H3. The van der Waals surface area contributed by atoms with Crippen LogP contribution in [0.25, 0.3) is 0 Å². The van der Waals surface area contributed by atoms with Crippen LogP contribution in [0.15, 0.2) is 47.6 Å². The van der Waals surface area contributed by atoms with Crippen LogP contribution >= 0.6 is 0 Å². The fraction of sp³-hybridized carbons (Fsp3) is 0.400. The summed E-state index contributed by atoms with van der Waals surface area (Å²) >= 11 is 0. The predicted octanol–water partition coefficient (Wildman–Crippen LogP) is 3.34. The van der Waals surface area contributed by atoms with Gasteiger partial charge in [-0.05, 0) is 37.6 Å². The lowest BCUT2D eigenvalue weighted by molar-refractivity contribution is -0.122. The summed E-state index contributed by atoms with van der Waals surface area (Å²) in [5, 5.41) is 0. The van der Waals surface area contributed by atoms with Crippen LogP contribution in [-0.2, 0) is 9.59 Å². The maximum Gasteiger partial charge on any atom is 0.238 e. The molecule has 2 amide bonds. The van der Waals surface area contributed by atoms with Crippen LogP contribution < -0.4 is 9.64 Å². The van der Waals surface area contributed by atoms with E-state index in [9.17, 15) is 9.59 Å². The summed E-state index contributed by atoms with van der Waals surface area (Å²) in [5.74, 6) is 0.321. The van der Waals surface area contributed by atoms with Crippen molar-refractivity contribution in [3.05, 3.63) is 47.6 Å². The zero-order valence-electron chi connectivity index (χ0n) is 14.2. The molecule has 0 spiro atoms. The second-order valence-electron chi connectivity index (χ2n) is 6.79. The number of carbonyl (C=O) groups is 2. The highest BCUT2D eigenvalue weighted by Gasteiger charge is 2.61. The normalized spacial score (nSPS) is 30.3. The summed E-state index contributed by atoms with van der Waals surface area (Å²) in [6.45, 7) is 4.25. The third-order valence-corrected chi connectivity index (χ3v) is 5.77. The van der Waals surface area contributed by atoms with Crippen molar-refractivity contribution < 1.29 is 14.3 Å². The smallest absolute Gasteiger partial charge is 0.238 e. The van der Waals surface area contributed by atoms with Crippen molar-refractivity contribution in [2.24, 2.45) is 23.7 Å². The minimum atomic E-state index is -0.230. The van der Waals surface area contributed by atoms with Crippen molar-refractivity contribution in [2.45, 2.75) is 20.3 Å². The Morgan fingerprint density at radius 3 is 2.04 bits per heavy atom. The molecule has 2 bridgehead atoms.